The highest BCUT2D eigenvalue weighted by Crippen LogP contribution is 2.14. The topological polar surface area (TPSA) is 0 Å². The molecule has 2 aromatic rings. The van der Waals surface area contributed by atoms with Crippen molar-refractivity contribution in [3.05, 3.63) is 70.0 Å². The fraction of sp³-hybridized carbons (Fsp3) is 0.250. The molecule has 4 heteroatoms. The Morgan fingerprint density at radius 1 is 0.700 bits per heavy atom. The number of hydrogen-bond acceptors (Lipinski definition) is 0. The normalized spacial score (nSPS) is 9.00. The molecule has 20 heavy (non-hydrogen) atoms. The number of halogens is 4. The van der Waals surface area contributed by atoms with E-state index in [1.165, 1.54) is 12.1 Å². The maximum absolute atomic E-state index is 12.4. The zero-order valence-corrected chi connectivity index (χ0v) is 12.7. The van der Waals surface area contributed by atoms with Crippen LogP contribution in [0.3, 0.4) is 0 Å². The van der Waals surface area contributed by atoms with E-state index in [1.54, 1.807) is 19.1 Å². The van der Waals surface area contributed by atoms with Crippen molar-refractivity contribution in [3.8, 4) is 0 Å². The van der Waals surface area contributed by atoms with Gasteiger partial charge in [-0.3, -0.25) is 0 Å². The third-order valence-electron chi connectivity index (χ3n) is 2.15. The summed E-state index contributed by atoms with van der Waals surface area (Å²) in [5.41, 5.74) is 1.70. The zero-order valence-electron chi connectivity index (χ0n) is 12.0. The molecule has 0 aromatic heterocycles. The lowest BCUT2D eigenvalue weighted by atomic mass is 10.2. The van der Waals surface area contributed by atoms with E-state index in [9.17, 15) is 13.2 Å². The van der Waals surface area contributed by atoms with Gasteiger partial charge in [-0.05, 0) is 49.2 Å². The summed E-state index contributed by atoms with van der Waals surface area (Å²) in [5.74, 6) is -1.93. The van der Waals surface area contributed by atoms with Crippen LogP contribution >= 0.6 is 11.6 Å². The highest BCUT2D eigenvalue weighted by atomic mass is 35.5. The molecular weight excluding hydrogens is 285 g/mol. The van der Waals surface area contributed by atoms with Gasteiger partial charge in [0.25, 0.3) is 0 Å². The molecule has 0 radical (unpaired) electrons. The van der Waals surface area contributed by atoms with Crippen LogP contribution in [0.4, 0.5) is 13.2 Å². The van der Waals surface area contributed by atoms with E-state index >= 15 is 0 Å². The summed E-state index contributed by atoms with van der Waals surface area (Å²) in [6, 6.07) is 8.44. The molecule has 0 N–H and O–H groups in total. The standard InChI is InChI=1S/C7H6ClF.C7H6F2.C2H6/c1-5-2-3-7(9)6(8)4-5;1-5-2-3-6(8)7(9)4-5;1-2/h2*2-4H,1H3;1-2H3. The SMILES string of the molecule is CC.Cc1ccc(F)c(Cl)c1.Cc1ccc(F)c(F)c1. The number of benzene rings is 2. The second-order valence-electron chi connectivity index (χ2n) is 3.84. The molecule has 0 aliphatic heterocycles. The summed E-state index contributed by atoms with van der Waals surface area (Å²) in [6.45, 7) is 7.58. The van der Waals surface area contributed by atoms with E-state index in [1.807, 2.05) is 20.8 Å². The molecule has 0 fully saturated rings. The van der Waals surface area contributed by atoms with Gasteiger partial charge in [-0.1, -0.05) is 37.6 Å². The first-order valence-electron chi connectivity index (χ1n) is 6.23. The Hall–Kier alpha value is -1.48. The van der Waals surface area contributed by atoms with E-state index < -0.39 is 11.6 Å². The molecule has 110 valence electrons. The molecule has 0 unspecified atom stereocenters. The molecule has 0 heterocycles. The Balaban J connectivity index is 0.000000321. The minimum absolute atomic E-state index is 0.190. The van der Waals surface area contributed by atoms with Crippen LogP contribution in [0.5, 0.6) is 0 Å². The second-order valence-corrected chi connectivity index (χ2v) is 4.24. The molecule has 0 aliphatic carbocycles. The fourth-order valence-electron chi connectivity index (χ4n) is 1.20. The van der Waals surface area contributed by atoms with E-state index in [-0.39, 0.29) is 10.8 Å². The van der Waals surface area contributed by atoms with Gasteiger partial charge in [-0.15, -0.1) is 0 Å². The van der Waals surface area contributed by atoms with E-state index in [0.29, 0.717) is 0 Å². The van der Waals surface area contributed by atoms with Crippen LogP contribution in [0.2, 0.25) is 5.02 Å². The van der Waals surface area contributed by atoms with Crippen molar-refractivity contribution >= 4 is 11.6 Å². The van der Waals surface area contributed by atoms with Crippen molar-refractivity contribution in [1.29, 1.82) is 0 Å². The van der Waals surface area contributed by atoms with Gasteiger partial charge in [0, 0.05) is 0 Å². The lowest BCUT2D eigenvalue weighted by molar-refractivity contribution is 0.508. The predicted molar refractivity (Wildman–Crippen MR) is 78.6 cm³/mol. The maximum atomic E-state index is 12.4. The first kappa shape index (κ1) is 18.5. The van der Waals surface area contributed by atoms with Crippen molar-refractivity contribution in [1.82, 2.24) is 0 Å². The fourth-order valence-corrected chi connectivity index (χ4v) is 1.44. The van der Waals surface area contributed by atoms with Gasteiger partial charge in [0.05, 0.1) is 5.02 Å². The Morgan fingerprint density at radius 3 is 1.50 bits per heavy atom. The summed E-state index contributed by atoms with van der Waals surface area (Å²) in [7, 11) is 0. The summed E-state index contributed by atoms with van der Waals surface area (Å²) < 4.78 is 36.7. The summed E-state index contributed by atoms with van der Waals surface area (Å²) in [6.07, 6.45) is 0. The summed E-state index contributed by atoms with van der Waals surface area (Å²) >= 11 is 5.44. The van der Waals surface area contributed by atoms with E-state index in [4.69, 9.17) is 11.6 Å². The molecule has 0 bridgehead atoms. The molecule has 0 atom stereocenters. The van der Waals surface area contributed by atoms with Crippen molar-refractivity contribution in [2.75, 3.05) is 0 Å². The van der Waals surface area contributed by atoms with Gasteiger partial charge >= 0.3 is 0 Å². The first-order chi connectivity index (χ1) is 9.40. The Kier molecular flexibility index (Phi) is 8.73. The second kappa shape index (κ2) is 9.43. The Morgan fingerprint density at radius 2 is 1.15 bits per heavy atom. The van der Waals surface area contributed by atoms with Crippen molar-refractivity contribution in [2.24, 2.45) is 0 Å². The quantitative estimate of drug-likeness (QED) is 0.552. The average molecular weight is 303 g/mol. The minimum Gasteiger partial charge on any atom is -0.205 e. The molecule has 0 aliphatic rings. The molecule has 2 aromatic carbocycles. The van der Waals surface area contributed by atoms with Crippen LogP contribution in [0.1, 0.15) is 25.0 Å². The highest BCUT2D eigenvalue weighted by Gasteiger charge is 1.97. The Bertz CT molecular complexity index is 490. The third-order valence-corrected chi connectivity index (χ3v) is 2.44. The van der Waals surface area contributed by atoms with Gasteiger partial charge in [0.15, 0.2) is 11.6 Å². The maximum Gasteiger partial charge on any atom is 0.159 e. The molecule has 0 nitrogen and oxygen atoms in total. The number of aryl methyl sites for hydroxylation is 2. The lowest BCUT2D eigenvalue weighted by Gasteiger charge is -1.93. The monoisotopic (exact) mass is 302 g/mol. The minimum atomic E-state index is -0.791. The van der Waals surface area contributed by atoms with Crippen LogP contribution in [-0.2, 0) is 0 Å². The smallest absolute Gasteiger partial charge is 0.159 e. The number of rotatable bonds is 0. The zero-order chi connectivity index (χ0) is 15.7. The molecule has 0 spiro atoms. The largest absolute Gasteiger partial charge is 0.205 e. The van der Waals surface area contributed by atoms with Crippen LogP contribution in [0.25, 0.3) is 0 Å². The molecule has 2 rings (SSSR count). The van der Waals surface area contributed by atoms with Crippen molar-refractivity contribution in [3.63, 3.8) is 0 Å². The summed E-state index contributed by atoms with van der Waals surface area (Å²) in [5, 5.41) is 0.190. The van der Waals surface area contributed by atoms with E-state index in [2.05, 4.69) is 0 Å². The van der Waals surface area contributed by atoms with Gasteiger partial charge in [-0.2, -0.15) is 0 Å². The van der Waals surface area contributed by atoms with Crippen LogP contribution < -0.4 is 0 Å². The van der Waals surface area contributed by atoms with Crippen LogP contribution in [0, 0.1) is 31.3 Å². The lowest BCUT2D eigenvalue weighted by Crippen LogP contribution is -1.82. The first-order valence-corrected chi connectivity index (χ1v) is 6.61. The van der Waals surface area contributed by atoms with Crippen molar-refractivity contribution < 1.29 is 13.2 Å². The molecule has 0 amide bonds. The average Bonchev–Trinajstić information content (AvgIpc) is 2.42. The third kappa shape index (κ3) is 6.62. The van der Waals surface area contributed by atoms with Gasteiger partial charge < -0.3 is 0 Å². The number of hydrogen-bond donors (Lipinski definition) is 0. The highest BCUT2D eigenvalue weighted by molar-refractivity contribution is 6.30. The van der Waals surface area contributed by atoms with Crippen LogP contribution in [0.15, 0.2) is 36.4 Å². The van der Waals surface area contributed by atoms with E-state index in [0.717, 1.165) is 23.3 Å². The van der Waals surface area contributed by atoms with Crippen LogP contribution in [-0.4, -0.2) is 0 Å². The molecule has 0 saturated heterocycles. The molecule has 0 saturated carbocycles. The summed E-state index contributed by atoms with van der Waals surface area (Å²) in [4.78, 5) is 0. The van der Waals surface area contributed by atoms with Gasteiger partial charge in [0.1, 0.15) is 5.82 Å². The molecular formula is C16H18ClF3. The van der Waals surface area contributed by atoms with Gasteiger partial charge in [0.2, 0.25) is 0 Å². The Labute approximate surface area is 123 Å². The predicted octanol–water partition coefficient (Wildman–Crippen LogP) is 6.09. The van der Waals surface area contributed by atoms with Crippen molar-refractivity contribution in [2.45, 2.75) is 27.7 Å². The van der Waals surface area contributed by atoms with Gasteiger partial charge in [-0.25, -0.2) is 13.2 Å².